The van der Waals surface area contributed by atoms with Crippen LogP contribution >= 0.6 is 0 Å². The molecule has 3 aromatic carbocycles. The highest BCUT2D eigenvalue weighted by atomic mass is 28.4. The lowest BCUT2D eigenvalue weighted by atomic mass is 10.1. The first-order valence-electron chi connectivity index (χ1n) is 13.7. The molecule has 1 unspecified atom stereocenters. The SMILES string of the molecule is C=CC[C@@H](C/C=C\C(CCc1ccccc1)O[Si](c1ccccc1)(c1ccccc1)C(C)(C)C)OC(=O)C=C. The van der Waals surface area contributed by atoms with E-state index in [1.54, 1.807) is 6.08 Å². The zero-order chi connectivity index (χ0) is 28.1. The molecule has 0 bridgehead atoms. The summed E-state index contributed by atoms with van der Waals surface area (Å²) in [5, 5.41) is 2.39. The molecule has 0 saturated carbocycles. The molecule has 3 nitrogen and oxygen atoms in total. The quantitative estimate of drug-likeness (QED) is 0.0943. The van der Waals surface area contributed by atoms with Crippen LogP contribution in [0.5, 0.6) is 0 Å². The van der Waals surface area contributed by atoms with Gasteiger partial charge in [0, 0.05) is 18.9 Å². The Bertz CT molecular complexity index is 1160. The van der Waals surface area contributed by atoms with Gasteiger partial charge in [0.2, 0.25) is 0 Å². The van der Waals surface area contributed by atoms with Gasteiger partial charge in [0.1, 0.15) is 6.10 Å². The molecule has 0 N–H and O–H groups in total. The molecule has 0 aromatic heterocycles. The minimum Gasteiger partial charge on any atom is -0.459 e. The Morgan fingerprint density at radius 1 is 0.846 bits per heavy atom. The normalized spacial score (nSPS) is 13.5. The predicted molar refractivity (Wildman–Crippen MR) is 166 cm³/mol. The standard InChI is InChI=1S/C35H42O3Si/c1-6-18-30(37-34(36)7-2)21-17-22-31(28-27-29-19-11-8-12-20-29)38-39(35(3,4)5,32-23-13-9-14-24-32)33-25-15-10-16-26-33/h6-17,19-20,22-26,30-31H,1-2,18,21,27-28H2,3-5H3/b22-17-/t30-,31?/m0/s1. The molecule has 39 heavy (non-hydrogen) atoms. The molecule has 0 radical (unpaired) electrons. The lowest BCUT2D eigenvalue weighted by Gasteiger charge is -2.45. The predicted octanol–water partition coefficient (Wildman–Crippen LogP) is 7.18. The van der Waals surface area contributed by atoms with Crippen LogP contribution in [-0.2, 0) is 20.4 Å². The zero-order valence-corrected chi connectivity index (χ0v) is 24.6. The monoisotopic (exact) mass is 538 g/mol. The first kappa shape index (κ1) is 30.1. The second-order valence-electron chi connectivity index (χ2n) is 10.8. The van der Waals surface area contributed by atoms with Crippen molar-refractivity contribution >= 4 is 24.7 Å². The number of carbonyl (C=O) groups excluding carboxylic acids is 1. The largest absolute Gasteiger partial charge is 0.459 e. The maximum absolute atomic E-state index is 11.8. The Balaban J connectivity index is 2.01. The van der Waals surface area contributed by atoms with Gasteiger partial charge in [-0.15, -0.1) is 6.58 Å². The highest BCUT2D eigenvalue weighted by molar-refractivity contribution is 6.99. The van der Waals surface area contributed by atoms with Gasteiger partial charge in [-0.05, 0) is 33.8 Å². The first-order chi connectivity index (χ1) is 18.8. The maximum atomic E-state index is 11.8. The summed E-state index contributed by atoms with van der Waals surface area (Å²) < 4.78 is 13.0. The number of aryl methyl sites for hydroxylation is 1. The van der Waals surface area contributed by atoms with Crippen LogP contribution in [0.4, 0.5) is 0 Å². The fourth-order valence-corrected chi connectivity index (χ4v) is 9.70. The summed E-state index contributed by atoms with van der Waals surface area (Å²) >= 11 is 0. The number of ether oxygens (including phenoxy) is 1. The van der Waals surface area contributed by atoms with E-state index >= 15 is 0 Å². The fourth-order valence-electron chi connectivity index (χ4n) is 5.04. The van der Waals surface area contributed by atoms with E-state index in [0.29, 0.717) is 12.8 Å². The van der Waals surface area contributed by atoms with Crippen LogP contribution in [-0.4, -0.2) is 26.5 Å². The van der Waals surface area contributed by atoms with Crippen LogP contribution in [0.2, 0.25) is 5.04 Å². The molecular formula is C35H42O3Si. The van der Waals surface area contributed by atoms with E-state index in [1.807, 2.05) is 6.07 Å². The third kappa shape index (κ3) is 8.25. The van der Waals surface area contributed by atoms with Gasteiger partial charge < -0.3 is 9.16 Å². The third-order valence-corrected chi connectivity index (χ3v) is 12.0. The second kappa shape index (κ2) is 14.6. The van der Waals surface area contributed by atoms with E-state index in [9.17, 15) is 4.79 Å². The van der Waals surface area contributed by atoms with Crippen LogP contribution in [0.1, 0.15) is 45.6 Å². The minimum absolute atomic E-state index is 0.126. The van der Waals surface area contributed by atoms with Crippen molar-refractivity contribution in [3.63, 3.8) is 0 Å². The summed E-state index contributed by atoms with van der Waals surface area (Å²) in [5.41, 5.74) is 1.28. The molecule has 0 amide bonds. The van der Waals surface area contributed by atoms with Crippen molar-refractivity contribution in [3.8, 4) is 0 Å². The van der Waals surface area contributed by atoms with Gasteiger partial charge >= 0.3 is 5.97 Å². The average molecular weight is 539 g/mol. The van der Waals surface area contributed by atoms with Crippen LogP contribution in [0.25, 0.3) is 0 Å². The van der Waals surface area contributed by atoms with E-state index in [1.165, 1.54) is 22.0 Å². The fraction of sp³-hybridized carbons (Fsp3) is 0.286. The van der Waals surface area contributed by atoms with Crippen molar-refractivity contribution in [1.82, 2.24) is 0 Å². The van der Waals surface area contributed by atoms with Crippen molar-refractivity contribution in [2.45, 2.75) is 63.7 Å². The maximum Gasteiger partial charge on any atom is 0.330 e. The van der Waals surface area contributed by atoms with Crippen molar-refractivity contribution in [3.05, 3.63) is 134 Å². The summed E-state index contributed by atoms with van der Waals surface area (Å²) in [6, 6.07) is 32.0. The number of hydrogen-bond acceptors (Lipinski definition) is 3. The molecule has 0 heterocycles. The Labute approximate surface area is 236 Å². The number of rotatable bonds is 14. The molecule has 4 heteroatoms. The Hall–Kier alpha value is -3.47. The molecule has 0 spiro atoms. The lowest BCUT2D eigenvalue weighted by Crippen LogP contribution is -2.67. The highest BCUT2D eigenvalue weighted by Gasteiger charge is 2.51. The molecule has 0 saturated heterocycles. The van der Waals surface area contributed by atoms with Gasteiger partial charge in [0.15, 0.2) is 0 Å². The van der Waals surface area contributed by atoms with Crippen molar-refractivity contribution in [2.75, 3.05) is 0 Å². The summed E-state index contributed by atoms with van der Waals surface area (Å²) in [5.74, 6) is -0.417. The Kier molecular flexibility index (Phi) is 11.3. The van der Waals surface area contributed by atoms with Gasteiger partial charge in [-0.2, -0.15) is 0 Å². The first-order valence-corrected chi connectivity index (χ1v) is 15.6. The number of hydrogen-bond donors (Lipinski definition) is 0. The van der Waals surface area contributed by atoms with E-state index in [4.69, 9.17) is 9.16 Å². The molecule has 0 aliphatic rings. The van der Waals surface area contributed by atoms with Crippen molar-refractivity contribution in [1.29, 1.82) is 0 Å². The van der Waals surface area contributed by atoms with Crippen molar-refractivity contribution < 1.29 is 14.0 Å². The van der Waals surface area contributed by atoms with Crippen LogP contribution in [0, 0.1) is 0 Å². The van der Waals surface area contributed by atoms with E-state index < -0.39 is 14.3 Å². The van der Waals surface area contributed by atoms with Gasteiger partial charge in [-0.25, -0.2) is 4.79 Å². The number of carbonyl (C=O) groups is 1. The van der Waals surface area contributed by atoms with Crippen LogP contribution in [0.3, 0.4) is 0 Å². The summed E-state index contributed by atoms with van der Waals surface area (Å²) in [6.07, 6.45) is 9.72. The summed E-state index contributed by atoms with van der Waals surface area (Å²) in [7, 11) is -2.74. The van der Waals surface area contributed by atoms with Crippen LogP contribution in [0.15, 0.2) is 128 Å². The van der Waals surface area contributed by atoms with E-state index in [-0.39, 0.29) is 17.2 Å². The molecule has 0 fully saturated rings. The van der Waals surface area contributed by atoms with Gasteiger partial charge in [-0.1, -0.05) is 137 Å². The average Bonchev–Trinajstić information content (AvgIpc) is 2.95. The number of benzene rings is 3. The van der Waals surface area contributed by atoms with Crippen LogP contribution < -0.4 is 10.4 Å². The van der Waals surface area contributed by atoms with Gasteiger partial charge in [0.25, 0.3) is 8.32 Å². The zero-order valence-electron chi connectivity index (χ0n) is 23.6. The van der Waals surface area contributed by atoms with E-state index in [2.05, 4.69) is 131 Å². The summed E-state index contributed by atoms with van der Waals surface area (Å²) in [4.78, 5) is 11.8. The topological polar surface area (TPSA) is 35.5 Å². The molecular weight excluding hydrogens is 496 g/mol. The molecule has 0 aliphatic heterocycles. The third-order valence-electron chi connectivity index (χ3n) is 6.93. The number of esters is 1. The molecule has 0 aliphatic carbocycles. The Morgan fingerprint density at radius 2 is 1.38 bits per heavy atom. The molecule has 204 valence electrons. The van der Waals surface area contributed by atoms with Crippen molar-refractivity contribution in [2.24, 2.45) is 0 Å². The smallest absolute Gasteiger partial charge is 0.330 e. The van der Waals surface area contributed by atoms with E-state index in [0.717, 1.165) is 12.8 Å². The molecule has 2 atom stereocenters. The molecule has 3 rings (SSSR count). The van der Waals surface area contributed by atoms with Gasteiger partial charge in [0.05, 0.1) is 6.10 Å². The summed E-state index contributed by atoms with van der Waals surface area (Å²) in [6.45, 7) is 14.2. The Morgan fingerprint density at radius 3 is 1.87 bits per heavy atom. The van der Waals surface area contributed by atoms with Gasteiger partial charge in [-0.3, -0.25) is 0 Å². The highest BCUT2D eigenvalue weighted by Crippen LogP contribution is 2.38. The molecule has 3 aromatic rings. The second-order valence-corrected chi connectivity index (χ2v) is 15.0. The minimum atomic E-state index is -2.74. The lowest BCUT2D eigenvalue weighted by molar-refractivity contribution is -0.142.